The van der Waals surface area contributed by atoms with E-state index < -0.39 is 0 Å². The van der Waals surface area contributed by atoms with E-state index in [1.165, 1.54) is 11.1 Å². The number of rotatable bonds is 5. The molecule has 27 heavy (non-hydrogen) atoms. The minimum absolute atomic E-state index is 0.105. The van der Waals surface area contributed by atoms with Crippen molar-refractivity contribution in [3.05, 3.63) is 62.5 Å². The Morgan fingerprint density at radius 2 is 2.04 bits per heavy atom. The molecule has 0 unspecified atom stereocenters. The lowest BCUT2D eigenvalue weighted by molar-refractivity contribution is 0.0952. The van der Waals surface area contributed by atoms with Gasteiger partial charge in [0.15, 0.2) is 4.96 Å². The topological polar surface area (TPSA) is 72.7 Å². The molecule has 2 heterocycles. The minimum Gasteiger partial charge on any atom is -0.497 e. The molecule has 4 rings (SSSR count). The molecule has 1 aliphatic rings. The molecule has 2 aromatic heterocycles. The largest absolute Gasteiger partial charge is 0.497 e. The molecule has 3 aromatic rings. The van der Waals surface area contributed by atoms with E-state index in [4.69, 9.17) is 4.74 Å². The fraction of sp³-hybridized carbons (Fsp3) is 0.350. The van der Waals surface area contributed by atoms with Gasteiger partial charge in [-0.25, -0.2) is 4.98 Å². The number of carbonyl (C=O) groups is 1. The monoisotopic (exact) mass is 383 g/mol. The Balaban J connectivity index is 1.49. The first-order chi connectivity index (χ1) is 13.2. The van der Waals surface area contributed by atoms with Crippen molar-refractivity contribution in [2.75, 3.05) is 13.7 Å². The van der Waals surface area contributed by atoms with Gasteiger partial charge in [-0.3, -0.25) is 14.0 Å². The highest BCUT2D eigenvalue weighted by molar-refractivity contribution is 7.17. The van der Waals surface area contributed by atoms with Crippen LogP contribution in [-0.2, 0) is 19.3 Å². The van der Waals surface area contributed by atoms with E-state index in [9.17, 15) is 9.59 Å². The second-order valence-corrected chi connectivity index (χ2v) is 7.69. The summed E-state index contributed by atoms with van der Waals surface area (Å²) in [6, 6.07) is 7.71. The molecule has 0 aliphatic heterocycles. The van der Waals surface area contributed by atoms with Crippen LogP contribution in [0, 0.1) is 0 Å². The number of methoxy groups -OCH3 is 1. The molecule has 6 nitrogen and oxygen atoms in total. The molecule has 0 saturated carbocycles. The third-order valence-corrected chi connectivity index (χ3v) is 6.06. The average Bonchev–Trinajstić information content (AvgIpc) is 3.08. The molecule has 7 heteroatoms. The number of aryl methyl sites for hydroxylation is 2. The summed E-state index contributed by atoms with van der Waals surface area (Å²) in [6.45, 7) is 0.453. The molecule has 0 atom stereocenters. The van der Waals surface area contributed by atoms with Gasteiger partial charge >= 0.3 is 0 Å². The first-order valence-electron chi connectivity index (χ1n) is 9.11. The standard InChI is InChI=1S/C20H21N3O3S/c1-26-14-8-6-13(7-9-14)10-11-21-18(24)15-12-22-20-23(19(15)25)16-4-2-3-5-17(16)27-20/h6-9,12H,2-5,10-11H2,1H3,(H,21,24). The Labute approximate surface area is 160 Å². The van der Waals surface area contributed by atoms with E-state index in [-0.39, 0.29) is 17.0 Å². The number of benzene rings is 1. The van der Waals surface area contributed by atoms with E-state index in [0.29, 0.717) is 17.9 Å². The molecule has 1 N–H and O–H groups in total. The number of hydrogen-bond donors (Lipinski definition) is 1. The van der Waals surface area contributed by atoms with Gasteiger partial charge in [0.05, 0.1) is 7.11 Å². The summed E-state index contributed by atoms with van der Waals surface area (Å²) in [6.07, 6.45) is 6.17. The minimum atomic E-state index is -0.369. The molecule has 140 valence electrons. The summed E-state index contributed by atoms with van der Waals surface area (Å²) in [7, 11) is 1.63. The molecule has 0 radical (unpaired) electrons. The Kier molecular flexibility index (Phi) is 4.94. The first-order valence-corrected chi connectivity index (χ1v) is 9.92. The summed E-state index contributed by atoms with van der Waals surface area (Å²) in [5.74, 6) is 0.431. The third-order valence-electron chi connectivity index (χ3n) is 4.91. The van der Waals surface area contributed by atoms with E-state index in [1.54, 1.807) is 22.8 Å². The van der Waals surface area contributed by atoms with Crippen molar-refractivity contribution >= 4 is 22.2 Å². The molecular formula is C20H21N3O3S. The van der Waals surface area contributed by atoms with Gasteiger partial charge in [-0.2, -0.15) is 0 Å². The van der Waals surface area contributed by atoms with Gasteiger partial charge in [-0.1, -0.05) is 12.1 Å². The predicted octanol–water partition coefficient (Wildman–Crippen LogP) is 2.62. The SMILES string of the molecule is COc1ccc(CCNC(=O)c2cnc3sc4c(n3c2=O)CCCC4)cc1. The molecule has 1 aliphatic carbocycles. The van der Waals surface area contributed by atoms with Crippen LogP contribution in [0.2, 0.25) is 0 Å². The van der Waals surface area contributed by atoms with Crippen molar-refractivity contribution in [2.24, 2.45) is 0 Å². The van der Waals surface area contributed by atoms with E-state index in [1.807, 2.05) is 24.3 Å². The Bertz CT molecular complexity index is 1040. The molecule has 0 saturated heterocycles. The second-order valence-electron chi connectivity index (χ2n) is 6.63. The summed E-state index contributed by atoms with van der Waals surface area (Å²) < 4.78 is 6.77. The first kappa shape index (κ1) is 17.7. The Morgan fingerprint density at radius 3 is 2.81 bits per heavy atom. The van der Waals surface area contributed by atoms with Crippen LogP contribution >= 0.6 is 11.3 Å². The predicted molar refractivity (Wildman–Crippen MR) is 105 cm³/mol. The maximum Gasteiger partial charge on any atom is 0.271 e. The van der Waals surface area contributed by atoms with Crippen LogP contribution in [0.25, 0.3) is 4.96 Å². The number of fused-ring (bicyclic) bond motifs is 3. The van der Waals surface area contributed by atoms with Crippen molar-refractivity contribution in [1.82, 2.24) is 14.7 Å². The van der Waals surface area contributed by atoms with Crippen molar-refractivity contribution in [3.8, 4) is 5.75 Å². The highest BCUT2D eigenvalue weighted by atomic mass is 32.1. The molecule has 1 amide bonds. The highest BCUT2D eigenvalue weighted by Gasteiger charge is 2.21. The van der Waals surface area contributed by atoms with Gasteiger partial charge in [0, 0.05) is 23.3 Å². The summed E-state index contributed by atoms with van der Waals surface area (Å²) in [4.78, 5) is 31.6. The van der Waals surface area contributed by atoms with Gasteiger partial charge in [0.25, 0.3) is 11.5 Å². The van der Waals surface area contributed by atoms with E-state index in [0.717, 1.165) is 42.7 Å². The summed E-state index contributed by atoms with van der Waals surface area (Å²) in [5, 5.41) is 2.83. The van der Waals surface area contributed by atoms with Gasteiger partial charge in [-0.15, -0.1) is 11.3 Å². The summed E-state index contributed by atoms with van der Waals surface area (Å²) >= 11 is 1.56. The highest BCUT2D eigenvalue weighted by Crippen LogP contribution is 2.28. The zero-order chi connectivity index (χ0) is 18.8. The van der Waals surface area contributed by atoms with Crippen molar-refractivity contribution in [2.45, 2.75) is 32.1 Å². The zero-order valence-electron chi connectivity index (χ0n) is 15.2. The van der Waals surface area contributed by atoms with E-state index in [2.05, 4.69) is 10.3 Å². The molecule has 0 bridgehead atoms. The lowest BCUT2D eigenvalue weighted by atomic mass is 10.0. The normalized spacial score (nSPS) is 13.4. The number of nitrogens with one attached hydrogen (secondary N) is 1. The number of hydrogen-bond acceptors (Lipinski definition) is 5. The van der Waals surface area contributed by atoms with Crippen LogP contribution in [-0.4, -0.2) is 28.9 Å². The average molecular weight is 383 g/mol. The summed E-state index contributed by atoms with van der Waals surface area (Å²) in [5.41, 5.74) is 1.97. The smallest absolute Gasteiger partial charge is 0.271 e. The van der Waals surface area contributed by atoms with Crippen LogP contribution in [0.5, 0.6) is 5.75 Å². The van der Waals surface area contributed by atoms with Gasteiger partial charge in [0.1, 0.15) is 11.3 Å². The maximum atomic E-state index is 12.9. The molecule has 1 aromatic carbocycles. The lowest BCUT2D eigenvalue weighted by Gasteiger charge is -2.10. The van der Waals surface area contributed by atoms with Gasteiger partial charge < -0.3 is 10.1 Å². The number of carbonyl (C=O) groups excluding carboxylic acids is 1. The van der Waals surface area contributed by atoms with E-state index >= 15 is 0 Å². The van der Waals surface area contributed by atoms with Crippen molar-refractivity contribution < 1.29 is 9.53 Å². The molecular weight excluding hydrogens is 362 g/mol. The van der Waals surface area contributed by atoms with Crippen LogP contribution < -0.4 is 15.6 Å². The number of aromatic nitrogens is 2. The molecule has 0 fully saturated rings. The van der Waals surface area contributed by atoms with Crippen LogP contribution in [0.4, 0.5) is 0 Å². The zero-order valence-corrected chi connectivity index (χ0v) is 16.0. The third kappa shape index (κ3) is 3.47. The van der Waals surface area contributed by atoms with Crippen molar-refractivity contribution in [1.29, 1.82) is 0 Å². The fourth-order valence-electron chi connectivity index (χ4n) is 3.43. The van der Waals surface area contributed by atoms with Gasteiger partial charge in [0.2, 0.25) is 0 Å². The fourth-order valence-corrected chi connectivity index (χ4v) is 4.60. The lowest BCUT2D eigenvalue weighted by Crippen LogP contribution is -2.33. The Hall–Kier alpha value is -2.67. The van der Waals surface area contributed by atoms with Crippen LogP contribution in [0.15, 0.2) is 35.3 Å². The number of nitrogens with zero attached hydrogens (tertiary/aromatic N) is 2. The number of thiazole rings is 1. The molecule has 0 spiro atoms. The number of amides is 1. The van der Waals surface area contributed by atoms with Crippen molar-refractivity contribution in [3.63, 3.8) is 0 Å². The van der Waals surface area contributed by atoms with Crippen LogP contribution in [0.1, 0.15) is 39.3 Å². The van der Waals surface area contributed by atoms with Gasteiger partial charge in [-0.05, 0) is 49.8 Å². The second kappa shape index (κ2) is 7.52. The number of ether oxygens (including phenoxy) is 1. The van der Waals surface area contributed by atoms with Crippen LogP contribution in [0.3, 0.4) is 0 Å². The quantitative estimate of drug-likeness (QED) is 0.735. The Morgan fingerprint density at radius 1 is 1.26 bits per heavy atom. The maximum absolute atomic E-state index is 12.9.